The van der Waals surface area contributed by atoms with Gasteiger partial charge in [0.25, 0.3) is 0 Å². The van der Waals surface area contributed by atoms with Crippen molar-refractivity contribution < 1.29 is 4.74 Å². The summed E-state index contributed by atoms with van der Waals surface area (Å²) in [6.07, 6.45) is 0. The van der Waals surface area contributed by atoms with Crippen LogP contribution in [0.1, 0.15) is 19.5 Å². The highest BCUT2D eigenvalue weighted by molar-refractivity contribution is 5.64. The predicted octanol–water partition coefficient (Wildman–Crippen LogP) is 5.17. The predicted molar refractivity (Wildman–Crippen MR) is 107 cm³/mol. The topological polar surface area (TPSA) is 50.3 Å². The number of anilines is 3. The van der Waals surface area contributed by atoms with Gasteiger partial charge < -0.3 is 15.0 Å². The number of para-hydroxylation sites is 3. The van der Waals surface area contributed by atoms with Crippen LogP contribution in [-0.2, 0) is 0 Å². The Morgan fingerprint density at radius 3 is 2.35 bits per heavy atom. The Morgan fingerprint density at radius 2 is 1.62 bits per heavy atom. The molecule has 0 saturated carbocycles. The number of hydrogen-bond acceptors (Lipinski definition) is 5. The SMILES string of the molecule is CCN(CC)c1cc(C)nc(Nc2ccccc2Oc2ccccc2)n1. The number of nitrogens with one attached hydrogen (secondary N) is 1. The van der Waals surface area contributed by atoms with Crippen LogP contribution >= 0.6 is 0 Å². The van der Waals surface area contributed by atoms with Crippen LogP contribution in [-0.4, -0.2) is 23.1 Å². The van der Waals surface area contributed by atoms with Gasteiger partial charge in [-0.3, -0.25) is 0 Å². The average molecular weight is 348 g/mol. The monoisotopic (exact) mass is 348 g/mol. The summed E-state index contributed by atoms with van der Waals surface area (Å²) in [5.41, 5.74) is 1.75. The van der Waals surface area contributed by atoms with E-state index in [0.29, 0.717) is 5.95 Å². The number of rotatable bonds is 7. The van der Waals surface area contributed by atoms with Crippen LogP contribution in [0.2, 0.25) is 0 Å². The number of ether oxygens (including phenoxy) is 1. The van der Waals surface area contributed by atoms with Gasteiger partial charge in [-0.2, -0.15) is 4.98 Å². The molecule has 2 aromatic carbocycles. The minimum absolute atomic E-state index is 0.566. The van der Waals surface area contributed by atoms with Gasteiger partial charge in [-0.25, -0.2) is 4.98 Å². The third kappa shape index (κ3) is 4.30. The highest BCUT2D eigenvalue weighted by Gasteiger charge is 2.10. The second-order valence-electron chi connectivity index (χ2n) is 5.90. The summed E-state index contributed by atoms with van der Waals surface area (Å²) in [6, 6.07) is 19.5. The van der Waals surface area contributed by atoms with Gasteiger partial charge in [0.2, 0.25) is 5.95 Å². The normalized spacial score (nSPS) is 10.4. The molecule has 0 aliphatic carbocycles. The molecule has 0 fully saturated rings. The first kappa shape index (κ1) is 17.7. The maximum absolute atomic E-state index is 6.00. The summed E-state index contributed by atoms with van der Waals surface area (Å²) in [6.45, 7) is 8.03. The lowest BCUT2D eigenvalue weighted by Crippen LogP contribution is -2.23. The van der Waals surface area contributed by atoms with E-state index in [1.165, 1.54) is 0 Å². The first-order valence-electron chi connectivity index (χ1n) is 8.89. The van der Waals surface area contributed by atoms with Crippen LogP contribution in [0.3, 0.4) is 0 Å². The van der Waals surface area contributed by atoms with Gasteiger partial charge in [0.05, 0.1) is 5.69 Å². The standard InChI is InChI=1S/C21H24N4O/c1-4-25(5-2)20-15-16(3)22-21(24-20)23-18-13-9-10-14-19(18)26-17-11-7-6-8-12-17/h6-15H,4-5H2,1-3H3,(H,22,23,24). The van der Waals surface area contributed by atoms with Crippen LogP contribution in [0.5, 0.6) is 11.5 Å². The Balaban J connectivity index is 1.87. The molecule has 0 aliphatic rings. The van der Waals surface area contributed by atoms with Crippen molar-refractivity contribution in [1.82, 2.24) is 9.97 Å². The zero-order chi connectivity index (χ0) is 18.4. The molecule has 0 radical (unpaired) electrons. The van der Waals surface area contributed by atoms with Crippen molar-refractivity contribution >= 4 is 17.5 Å². The Kier molecular flexibility index (Phi) is 5.69. The lowest BCUT2D eigenvalue weighted by Gasteiger charge is -2.21. The van der Waals surface area contributed by atoms with Crippen molar-refractivity contribution in [3.8, 4) is 11.5 Å². The number of benzene rings is 2. The number of aryl methyl sites for hydroxylation is 1. The summed E-state index contributed by atoms with van der Waals surface area (Å²) >= 11 is 0. The van der Waals surface area contributed by atoms with Gasteiger partial charge in [-0.1, -0.05) is 30.3 Å². The van der Waals surface area contributed by atoms with Gasteiger partial charge in [0.1, 0.15) is 11.6 Å². The van der Waals surface area contributed by atoms with Crippen LogP contribution in [0, 0.1) is 6.92 Å². The van der Waals surface area contributed by atoms with E-state index in [9.17, 15) is 0 Å². The molecular weight excluding hydrogens is 324 g/mol. The number of nitrogens with zero attached hydrogens (tertiary/aromatic N) is 3. The maximum Gasteiger partial charge on any atom is 0.229 e. The van der Waals surface area contributed by atoms with Crippen LogP contribution in [0.25, 0.3) is 0 Å². The third-order valence-electron chi connectivity index (χ3n) is 4.03. The number of aromatic nitrogens is 2. The summed E-state index contributed by atoms with van der Waals surface area (Å²) in [5.74, 6) is 3.01. The molecule has 5 nitrogen and oxygen atoms in total. The quantitative estimate of drug-likeness (QED) is 0.638. The second-order valence-corrected chi connectivity index (χ2v) is 5.90. The van der Waals surface area contributed by atoms with Crippen LogP contribution < -0.4 is 15.0 Å². The Hall–Kier alpha value is -3.08. The van der Waals surface area contributed by atoms with Gasteiger partial charge in [0, 0.05) is 24.8 Å². The summed E-state index contributed by atoms with van der Waals surface area (Å²) in [5, 5.41) is 3.30. The summed E-state index contributed by atoms with van der Waals surface area (Å²) < 4.78 is 6.00. The second kappa shape index (κ2) is 8.34. The van der Waals surface area contributed by atoms with Gasteiger partial charge in [-0.05, 0) is 45.0 Å². The van der Waals surface area contributed by atoms with E-state index in [2.05, 4.69) is 34.0 Å². The fourth-order valence-corrected chi connectivity index (χ4v) is 2.71. The third-order valence-corrected chi connectivity index (χ3v) is 4.03. The highest BCUT2D eigenvalue weighted by atomic mass is 16.5. The maximum atomic E-state index is 6.00. The fraction of sp³-hybridized carbons (Fsp3) is 0.238. The van der Waals surface area contributed by atoms with Crippen LogP contribution in [0.4, 0.5) is 17.5 Å². The number of hydrogen-bond donors (Lipinski definition) is 1. The van der Waals surface area contributed by atoms with Gasteiger partial charge >= 0.3 is 0 Å². The van der Waals surface area contributed by atoms with E-state index in [-0.39, 0.29) is 0 Å². The molecule has 1 heterocycles. The molecule has 26 heavy (non-hydrogen) atoms. The molecule has 3 aromatic rings. The molecule has 0 unspecified atom stereocenters. The molecule has 1 N–H and O–H groups in total. The molecule has 0 bridgehead atoms. The Bertz CT molecular complexity index is 848. The summed E-state index contributed by atoms with van der Waals surface area (Å²) in [4.78, 5) is 11.4. The first-order chi connectivity index (χ1) is 12.7. The summed E-state index contributed by atoms with van der Waals surface area (Å²) in [7, 11) is 0. The minimum atomic E-state index is 0.566. The Labute approximate surface area is 154 Å². The largest absolute Gasteiger partial charge is 0.455 e. The molecule has 0 spiro atoms. The van der Waals surface area contributed by atoms with Crippen molar-refractivity contribution in [1.29, 1.82) is 0 Å². The van der Waals surface area contributed by atoms with E-state index >= 15 is 0 Å². The smallest absolute Gasteiger partial charge is 0.229 e. The van der Waals surface area contributed by atoms with E-state index in [0.717, 1.165) is 41.8 Å². The molecular formula is C21H24N4O. The molecule has 3 rings (SSSR count). The van der Waals surface area contributed by atoms with Crippen molar-refractivity contribution in [3.05, 3.63) is 66.4 Å². The van der Waals surface area contributed by atoms with Crippen molar-refractivity contribution in [2.24, 2.45) is 0 Å². The van der Waals surface area contributed by atoms with E-state index in [1.54, 1.807) is 0 Å². The van der Waals surface area contributed by atoms with E-state index in [4.69, 9.17) is 4.74 Å². The molecule has 5 heteroatoms. The lowest BCUT2D eigenvalue weighted by atomic mass is 10.3. The Morgan fingerprint density at radius 1 is 0.923 bits per heavy atom. The molecule has 134 valence electrons. The minimum Gasteiger partial charge on any atom is -0.455 e. The van der Waals surface area contributed by atoms with Crippen LogP contribution in [0.15, 0.2) is 60.7 Å². The zero-order valence-corrected chi connectivity index (χ0v) is 15.4. The molecule has 1 aromatic heterocycles. The molecule has 0 amide bonds. The van der Waals surface area contributed by atoms with Crippen molar-refractivity contribution in [3.63, 3.8) is 0 Å². The van der Waals surface area contributed by atoms with E-state index in [1.807, 2.05) is 67.6 Å². The molecule has 0 saturated heterocycles. The van der Waals surface area contributed by atoms with E-state index < -0.39 is 0 Å². The average Bonchev–Trinajstić information content (AvgIpc) is 2.65. The first-order valence-corrected chi connectivity index (χ1v) is 8.89. The molecule has 0 atom stereocenters. The van der Waals surface area contributed by atoms with Crippen molar-refractivity contribution in [2.45, 2.75) is 20.8 Å². The van der Waals surface area contributed by atoms with Gasteiger partial charge in [0.15, 0.2) is 5.75 Å². The molecule has 0 aliphatic heterocycles. The fourth-order valence-electron chi connectivity index (χ4n) is 2.71. The van der Waals surface area contributed by atoms with Gasteiger partial charge in [-0.15, -0.1) is 0 Å². The van der Waals surface area contributed by atoms with Crippen molar-refractivity contribution in [2.75, 3.05) is 23.3 Å². The lowest BCUT2D eigenvalue weighted by molar-refractivity contribution is 0.485. The zero-order valence-electron chi connectivity index (χ0n) is 15.4. The highest BCUT2D eigenvalue weighted by Crippen LogP contribution is 2.31.